The topological polar surface area (TPSA) is 121 Å². The first-order chi connectivity index (χ1) is 20.0. The van der Waals surface area contributed by atoms with Crippen molar-refractivity contribution in [1.82, 2.24) is 35.1 Å². The molecule has 11 heteroatoms. The Kier molecular flexibility index (Phi) is 11.9. The molecule has 0 bridgehead atoms. The van der Waals surface area contributed by atoms with E-state index in [1.807, 2.05) is 24.9 Å². The maximum atomic E-state index is 13.3. The Morgan fingerprint density at radius 1 is 1.07 bits per heavy atom. The summed E-state index contributed by atoms with van der Waals surface area (Å²) in [6.07, 6.45) is 15.7. The zero-order valence-corrected chi connectivity index (χ0v) is 24.1. The number of hydrogen-bond acceptors (Lipinski definition) is 6. The molecule has 5 rings (SSSR count). The van der Waals surface area contributed by atoms with Crippen molar-refractivity contribution in [2.24, 2.45) is 0 Å². The first-order valence-electron chi connectivity index (χ1n) is 14.7. The van der Waals surface area contributed by atoms with Crippen LogP contribution in [0, 0.1) is 5.82 Å². The fourth-order valence-electron chi connectivity index (χ4n) is 4.86. The zero-order chi connectivity index (χ0) is 28.9. The molecule has 226 valence electrons. The second-order valence-corrected chi connectivity index (χ2v) is 10.3. The van der Waals surface area contributed by atoms with Gasteiger partial charge >= 0.3 is 6.03 Å². The normalized spacial score (nSPS) is 13.7. The lowest BCUT2D eigenvalue weighted by Crippen LogP contribution is -2.44. The summed E-state index contributed by atoms with van der Waals surface area (Å²) in [5.74, 6) is 0.155. The highest BCUT2D eigenvalue weighted by Gasteiger charge is 2.17. The van der Waals surface area contributed by atoms with Crippen LogP contribution in [-0.2, 0) is 9.47 Å². The van der Waals surface area contributed by atoms with Crippen LogP contribution in [0.3, 0.4) is 0 Å². The fraction of sp³-hybridized carbons (Fsp3) is 0.533. The number of unbranched alkanes of at least 4 members (excludes halogenated alkanes) is 2. The van der Waals surface area contributed by atoms with E-state index >= 15 is 0 Å². The zero-order valence-electron chi connectivity index (χ0n) is 24.1. The van der Waals surface area contributed by atoms with Gasteiger partial charge in [-0.25, -0.2) is 24.1 Å². The molecule has 2 amide bonds. The number of hydrogen-bond donors (Lipinski definition) is 3. The standard InChI is InChI=1S/C17H34N2O3.C13H8FN5.2H2/c1-3-21-14-15-22-13-9-5-8-12-19(2)17(20)18-16-10-6-4-7-11-16;14-8-3-9-10(6-18-12(9)17-5-8)13-16-4-7-1-2-15-11(7)19-13;;/h16H,3-15H2,1-2H3,(H,18,20);1-6H,(H,17,18)(H,15,16,19);2*1H. The Morgan fingerprint density at radius 2 is 1.90 bits per heavy atom. The maximum Gasteiger partial charge on any atom is 0.317 e. The average Bonchev–Trinajstić information content (AvgIpc) is 3.63. The molecule has 4 aromatic heterocycles. The molecule has 0 spiro atoms. The number of aromatic nitrogens is 5. The predicted octanol–water partition coefficient (Wildman–Crippen LogP) is 6.32. The molecule has 41 heavy (non-hydrogen) atoms. The summed E-state index contributed by atoms with van der Waals surface area (Å²) >= 11 is 0. The summed E-state index contributed by atoms with van der Waals surface area (Å²) in [6, 6.07) is 3.80. The van der Waals surface area contributed by atoms with Crippen molar-refractivity contribution < 1.29 is 21.5 Å². The molecule has 0 radical (unpaired) electrons. The highest BCUT2D eigenvalue weighted by atomic mass is 19.1. The minimum Gasteiger partial charge on any atom is -0.379 e. The van der Waals surface area contributed by atoms with Gasteiger partial charge in [0.2, 0.25) is 0 Å². The van der Waals surface area contributed by atoms with Crippen LogP contribution in [0.25, 0.3) is 33.5 Å². The molecular formula is C30H46FN7O3. The molecular weight excluding hydrogens is 525 g/mol. The molecule has 0 saturated heterocycles. The molecule has 3 N–H and O–H groups in total. The maximum absolute atomic E-state index is 13.3. The minimum atomic E-state index is -0.380. The van der Waals surface area contributed by atoms with E-state index in [2.05, 4.69) is 30.2 Å². The smallest absolute Gasteiger partial charge is 0.317 e. The molecule has 1 fully saturated rings. The number of fused-ring (bicyclic) bond motifs is 2. The van der Waals surface area contributed by atoms with Gasteiger partial charge in [0.05, 0.1) is 19.4 Å². The fourth-order valence-corrected chi connectivity index (χ4v) is 4.86. The van der Waals surface area contributed by atoms with Gasteiger partial charge in [0, 0.05) is 70.6 Å². The van der Waals surface area contributed by atoms with Gasteiger partial charge in [0.1, 0.15) is 17.1 Å². The quantitative estimate of drug-likeness (QED) is 0.171. The lowest BCUT2D eigenvalue weighted by Gasteiger charge is -2.26. The number of nitrogens with one attached hydrogen (secondary N) is 3. The molecule has 0 aliphatic heterocycles. The summed E-state index contributed by atoms with van der Waals surface area (Å²) in [4.78, 5) is 32.6. The number of H-pyrrole nitrogens is 2. The summed E-state index contributed by atoms with van der Waals surface area (Å²) in [5.41, 5.74) is 2.11. The number of aromatic amines is 2. The van der Waals surface area contributed by atoms with Gasteiger partial charge in [-0.05, 0) is 51.2 Å². The van der Waals surface area contributed by atoms with Gasteiger partial charge in [-0.3, -0.25) is 0 Å². The van der Waals surface area contributed by atoms with Crippen LogP contribution in [0.1, 0.15) is 61.1 Å². The van der Waals surface area contributed by atoms with Crippen LogP contribution >= 0.6 is 0 Å². The Bertz CT molecular complexity index is 1360. The van der Waals surface area contributed by atoms with Crippen LogP contribution < -0.4 is 5.32 Å². The van der Waals surface area contributed by atoms with E-state index in [1.54, 1.807) is 18.6 Å². The van der Waals surface area contributed by atoms with Crippen molar-refractivity contribution in [3.8, 4) is 11.4 Å². The van der Waals surface area contributed by atoms with Crippen molar-refractivity contribution in [1.29, 1.82) is 0 Å². The van der Waals surface area contributed by atoms with Crippen molar-refractivity contribution in [2.45, 2.75) is 64.3 Å². The van der Waals surface area contributed by atoms with Crippen molar-refractivity contribution in [2.75, 3.05) is 40.0 Å². The van der Waals surface area contributed by atoms with Gasteiger partial charge in [-0.1, -0.05) is 19.3 Å². The Balaban J connectivity index is 0.000000288. The van der Waals surface area contributed by atoms with Gasteiger partial charge in [0.15, 0.2) is 5.82 Å². The van der Waals surface area contributed by atoms with Crippen LogP contribution in [0.4, 0.5) is 9.18 Å². The van der Waals surface area contributed by atoms with Crippen LogP contribution in [-0.4, -0.2) is 81.9 Å². The van der Waals surface area contributed by atoms with Gasteiger partial charge < -0.3 is 29.7 Å². The third kappa shape index (κ3) is 9.22. The number of urea groups is 1. The van der Waals surface area contributed by atoms with Crippen molar-refractivity contribution in [3.05, 3.63) is 42.7 Å². The van der Waals surface area contributed by atoms with E-state index in [4.69, 9.17) is 9.47 Å². The van der Waals surface area contributed by atoms with E-state index < -0.39 is 0 Å². The molecule has 4 aromatic rings. The SMILES string of the molecule is CCOCCOCCCCCN(C)C(=O)NC1CCCCC1.Fc1cnc2[nH]cc(-c3ncc4cc[nH]c4n3)c2c1.[HH].[HH]. The van der Waals surface area contributed by atoms with E-state index in [1.165, 1.54) is 31.5 Å². The second kappa shape index (κ2) is 16.0. The van der Waals surface area contributed by atoms with E-state index in [9.17, 15) is 9.18 Å². The van der Waals surface area contributed by atoms with Gasteiger partial charge in [-0.15, -0.1) is 0 Å². The molecule has 1 aliphatic rings. The number of rotatable bonds is 12. The van der Waals surface area contributed by atoms with Gasteiger partial charge in [0.25, 0.3) is 0 Å². The predicted molar refractivity (Wildman–Crippen MR) is 162 cm³/mol. The summed E-state index contributed by atoms with van der Waals surface area (Å²) in [7, 11) is 1.89. The molecule has 10 nitrogen and oxygen atoms in total. The highest BCUT2D eigenvalue weighted by molar-refractivity contribution is 5.92. The lowest BCUT2D eigenvalue weighted by atomic mass is 9.96. The highest BCUT2D eigenvalue weighted by Crippen LogP contribution is 2.26. The Morgan fingerprint density at radius 3 is 2.73 bits per heavy atom. The van der Waals surface area contributed by atoms with Crippen molar-refractivity contribution in [3.63, 3.8) is 0 Å². The summed E-state index contributed by atoms with van der Waals surface area (Å²) in [5, 5.41) is 4.76. The Labute approximate surface area is 243 Å². The van der Waals surface area contributed by atoms with E-state index in [0.717, 1.165) is 68.5 Å². The van der Waals surface area contributed by atoms with Crippen LogP contribution in [0.15, 0.2) is 36.9 Å². The third-order valence-electron chi connectivity index (χ3n) is 7.18. The summed E-state index contributed by atoms with van der Waals surface area (Å²) < 4.78 is 24.0. The first-order valence-corrected chi connectivity index (χ1v) is 14.7. The van der Waals surface area contributed by atoms with E-state index in [0.29, 0.717) is 36.1 Å². The number of pyridine rings is 1. The molecule has 0 unspecified atom stereocenters. The number of halogens is 1. The Hall–Kier alpha value is -3.57. The summed E-state index contributed by atoms with van der Waals surface area (Å²) in [6.45, 7) is 5.69. The third-order valence-corrected chi connectivity index (χ3v) is 7.18. The number of nitrogens with zero attached hydrogens (tertiary/aromatic N) is 4. The number of carbonyl (C=O) groups is 1. The van der Waals surface area contributed by atoms with E-state index in [-0.39, 0.29) is 14.7 Å². The van der Waals surface area contributed by atoms with Crippen LogP contribution in [0.2, 0.25) is 0 Å². The molecule has 1 aliphatic carbocycles. The van der Waals surface area contributed by atoms with Gasteiger partial charge in [-0.2, -0.15) is 0 Å². The molecule has 0 aromatic carbocycles. The number of ether oxygens (including phenoxy) is 2. The number of carbonyl (C=O) groups excluding carboxylic acids is 1. The largest absolute Gasteiger partial charge is 0.379 e. The molecule has 4 heterocycles. The minimum absolute atomic E-state index is 0. The van der Waals surface area contributed by atoms with Crippen LogP contribution in [0.5, 0.6) is 0 Å². The number of amides is 2. The second-order valence-electron chi connectivity index (χ2n) is 10.3. The molecule has 1 saturated carbocycles. The average molecular weight is 572 g/mol. The molecule has 0 atom stereocenters. The first kappa shape index (κ1) is 30.4. The van der Waals surface area contributed by atoms with Crippen molar-refractivity contribution >= 4 is 28.1 Å². The monoisotopic (exact) mass is 571 g/mol. The lowest BCUT2D eigenvalue weighted by molar-refractivity contribution is 0.0512.